The van der Waals surface area contributed by atoms with E-state index in [0.29, 0.717) is 24.6 Å². The lowest BCUT2D eigenvalue weighted by atomic mass is 10.3. The molecule has 0 aliphatic carbocycles. The largest absolute Gasteiger partial charge is 0.353 e. The van der Waals surface area contributed by atoms with Crippen LogP contribution in [0.2, 0.25) is 5.15 Å². The molecule has 10 heteroatoms. The third-order valence-electron chi connectivity index (χ3n) is 3.80. The van der Waals surface area contributed by atoms with Crippen LogP contribution < -0.4 is 10.2 Å². The van der Waals surface area contributed by atoms with Crippen molar-refractivity contribution in [2.45, 2.75) is 0 Å². The van der Waals surface area contributed by atoms with E-state index in [2.05, 4.69) is 25.2 Å². The average Bonchev–Trinajstić information content (AvgIpc) is 2.57. The van der Waals surface area contributed by atoms with Crippen molar-refractivity contribution in [1.82, 2.24) is 19.9 Å². The fourth-order valence-electron chi connectivity index (χ4n) is 2.49. The first-order valence-corrected chi connectivity index (χ1v) is 7.74. The summed E-state index contributed by atoms with van der Waals surface area (Å²) in [5, 5.41) is 14.7. The van der Waals surface area contributed by atoms with Crippen LogP contribution >= 0.6 is 11.6 Å². The average molecular weight is 350 g/mol. The Morgan fingerprint density at radius 3 is 2.67 bits per heavy atom. The quantitative estimate of drug-likeness (QED) is 0.507. The van der Waals surface area contributed by atoms with E-state index < -0.39 is 4.92 Å². The Bertz CT molecular complexity index is 750. The van der Waals surface area contributed by atoms with Crippen molar-refractivity contribution >= 4 is 34.6 Å². The first kappa shape index (κ1) is 16.3. The maximum Gasteiger partial charge on any atom is 0.353 e. The van der Waals surface area contributed by atoms with Crippen LogP contribution in [0.5, 0.6) is 0 Å². The van der Waals surface area contributed by atoms with Gasteiger partial charge in [-0.1, -0.05) is 11.6 Å². The minimum atomic E-state index is -0.472. The van der Waals surface area contributed by atoms with Crippen LogP contribution in [0.3, 0.4) is 0 Å². The summed E-state index contributed by atoms with van der Waals surface area (Å²) in [6.07, 6.45) is 2.85. The van der Waals surface area contributed by atoms with Crippen LogP contribution in [0.15, 0.2) is 24.7 Å². The maximum absolute atomic E-state index is 11.6. The molecule has 1 aliphatic rings. The third-order valence-corrected chi connectivity index (χ3v) is 4.10. The standard InChI is InChI=1S/C14H16ClN7O2/c1-20-5-7-21(8-6-20)14-11(22(23)24)13(17-9-18-14)19-10-3-2-4-16-12(10)15/h2-4,9H,5-8H2,1H3,(H,17,18,19). The van der Waals surface area contributed by atoms with E-state index in [1.54, 1.807) is 12.1 Å². The highest BCUT2D eigenvalue weighted by molar-refractivity contribution is 6.32. The fourth-order valence-corrected chi connectivity index (χ4v) is 2.65. The Labute approximate surface area is 143 Å². The molecule has 2 aromatic heterocycles. The van der Waals surface area contributed by atoms with Crippen molar-refractivity contribution in [2.24, 2.45) is 0 Å². The summed E-state index contributed by atoms with van der Waals surface area (Å²) in [4.78, 5) is 27.3. The summed E-state index contributed by atoms with van der Waals surface area (Å²) in [5.74, 6) is 0.407. The normalized spacial score (nSPS) is 15.3. The molecule has 0 amide bonds. The zero-order valence-electron chi connectivity index (χ0n) is 13.0. The summed E-state index contributed by atoms with van der Waals surface area (Å²) in [5.41, 5.74) is 0.285. The molecule has 0 atom stereocenters. The monoisotopic (exact) mass is 349 g/mol. The highest BCUT2D eigenvalue weighted by atomic mass is 35.5. The zero-order valence-corrected chi connectivity index (χ0v) is 13.8. The minimum absolute atomic E-state index is 0.0961. The van der Waals surface area contributed by atoms with Gasteiger partial charge in [0, 0.05) is 32.4 Å². The Kier molecular flexibility index (Phi) is 4.72. The molecule has 126 valence electrons. The molecule has 3 heterocycles. The molecule has 0 spiro atoms. The van der Waals surface area contributed by atoms with E-state index >= 15 is 0 Å². The predicted octanol–water partition coefficient (Wildman–Crippen LogP) is 1.93. The molecule has 1 aliphatic heterocycles. The van der Waals surface area contributed by atoms with Crippen molar-refractivity contribution < 1.29 is 4.92 Å². The van der Waals surface area contributed by atoms with Crippen molar-refractivity contribution in [3.63, 3.8) is 0 Å². The van der Waals surface area contributed by atoms with Gasteiger partial charge >= 0.3 is 5.69 Å². The summed E-state index contributed by atoms with van der Waals surface area (Å²) in [6.45, 7) is 2.97. The molecule has 0 radical (unpaired) electrons. The second-order valence-corrected chi connectivity index (χ2v) is 5.77. The first-order chi connectivity index (χ1) is 11.6. The summed E-state index contributed by atoms with van der Waals surface area (Å²) in [6, 6.07) is 3.36. The number of nitrogens with one attached hydrogen (secondary N) is 1. The third kappa shape index (κ3) is 3.36. The molecule has 0 saturated carbocycles. The van der Waals surface area contributed by atoms with Crippen LogP contribution in [0, 0.1) is 10.1 Å². The van der Waals surface area contributed by atoms with Gasteiger partial charge < -0.3 is 15.1 Å². The number of pyridine rings is 1. The lowest BCUT2D eigenvalue weighted by Gasteiger charge is -2.32. The van der Waals surface area contributed by atoms with Crippen LogP contribution in [0.4, 0.5) is 23.0 Å². The van der Waals surface area contributed by atoms with Crippen LogP contribution in [-0.4, -0.2) is 58.0 Å². The molecule has 1 N–H and O–H groups in total. The molecule has 24 heavy (non-hydrogen) atoms. The number of nitro groups is 1. The molecule has 2 aromatic rings. The van der Waals surface area contributed by atoms with Gasteiger partial charge in [-0.3, -0.25) is 10.1 Å². The highest BCUT2D eigenvalue weighted by Crippen LogP contribution is 2.34. The van der Waals surface area contributed by atoms with Crippen LogP contribution in [0.25, 0.3) is 0 Å². The van der Waals surface area contributed by atoms with E-state index in [1.165, 1.54) is 12.5 Å². The summed E-state index contributed by atoms with van der Waals surface area (Å²) in [7, 11) is 2.02. The van der Waals surface area contributed by atoms with Gasteiger partial charge in [0.25, 0.3) is 0 Å². The van der Waals surface area contributed by atoms with Gasteiger partial charge in [-0.05, 0) is 19.2 Å². The Morgan fingerprint density at radius 1 is 1.25 bits per heavy atom. The van der Waals surface area contributed by atoms with Gasteiger partial charge in [-0.2, -0.15) is 0 Å². The number of hydrogen-bond acceptors (Lipinski definition) is 8. The Balaban J connectivity index is 1.97. The van der Waals surface area contributed by atoms with Crippen molar-refractivity contribution in [3.05, 3.63) is 39.9 Å². The van der Waals surface area contributed by atoms with Gasteiger partial charge in [0.1, 0.15) is 6.33 Å². The highest BCUT2D eigenvalue weighted by Gasteiger charge is 2.29. The first-order valence-electron chi connectivity index (χ1n) is 7.36. The van der Waals surface area contributed by atoms with Crippen molar-refractivity contribution in [2.75, 3.05) is 43.4 Å². The molecule has 1 fully saturated rings. The zero-order chi connectivity index (χ0) is 17.1. The second-order valence-electron chi connectivity index (χ2n) is 5.41. The summed E-state index contributed by atoms with van der Waals surface area (Å²) < 4.78 is 0. The Hall–Kier alpha value is -2.52. The lowest BCUT2D eigenvalue weighted by Crippen LogP contribution is -2.45. The van der Waals surface area contributed by atoms with Gasteiger partial charge in [0.2, 0.25) is 11.6 Å². The Morgan fingerprint density at radius 2 is 2.00 bits per heavy atom. The number of anilines is 3. The smallest absolute Gasteiger partial charge is 0.348 e. The molecule has 0 unspecified atom stereocenters. The topological polar surface area (TPSA) is 100 Å². The van der Waals surface area contributed by atoms with Gasteiger partial charge in [-0.25, -0.2) is 15.0 Å². The molecule has 3 rings (SSSR count). The van der Waals surface area contributed by atoms with E-state index in [9.17, 15) is 10.1 Å². The number of nitrogens with zero attached hydrogens (tertiary/aromatic N) is 6. The number of piperazine rings is 1. The molecule has 0 aromatic carbocycles. The van der Waals surface area contributed by atoms with Gasteiger partial charge in [-0.15, -0.1) is 0 Å². The van der Waals surface area contributed by atoms with E-state index in [-0.39, 0.29) is 16.7 Å². The minimum Gasteiger partial charge on any atom is -0.348 e. The maximum atomic E-state index is 11.6. The SMILES string of the molecule is CN1CCN(c2ncnc(Nc3cccnc3Cl)c2[N+](=O)[O-])CC1. The molecule has 0 bridgehead atoms. The number of hydrogen-bond donors (Lipinski definition) is 1. The van der Waals surface area contributed by atoms with E-state index in [0.717, 1.165) is 13.1 Å². The van der Waals surface area contributed by atoms with Gasteiger partial charge in [0.05, 0.1) is 10.6 Å². The molecular formula is C14H16ClN7O2. The lowest BCUT2D eigenvalue weighted by molar-refractivity contribution is -0.383. The van der Waals surface area contributed by atoms with E-state index in [4.69, 9.17) is 11.6 Å². The van der Waals surface area contributed by atoms with Crippen molar-refractivity contribution in [1.29, 1.82) is 0 Å². The number of rotatable bonds is 4. The molecule has 1 saturated heterocycles. The molecular weight excluding hydrogens is 334 g/mol. The summed E-state index contributed by atoms with van der Waals surface area (Å²) >= 11 is 6.01. The number of halogens is 1. The van der Waals surface area contributed by atoms with Crippen LogP contribution in [-0.2, 0) is 0 Å². The number of likely N-dealkylation sites (N-methyl/N-ethyl adjacent to an activating group) is 1. The number of aromatic nitrogens is 3. The van der Waals surface area contributed by atoms with E-state index in [1.807, 2.05) is 11.9 Å². The van der Waals surface area contributed by atoms with Gasteiger partial charge in [0.15, 0.2) is 5.15 Å². The van der Waals surface area contributed by atoms with Crippen molar-refractivity contribution in [3.8, 4) is 0 Å². The van der Waals surface area contributed by atoms with Crippen LogP contribution in [0.1, 0.15) is 0 Å². The molecule has 9 nitrogen and oxygen atoms in total. The fraction of sp³-hybridized carbons (Fsp3) is 0.357. The second kappa shape index (κ2) is 6.93. The predicted molar refractivity (Wildman–Crippen MR) is 90.9 cm³/mol.